The average Bonchev–Trinajstić information content (AvgIpc) is 2.22. The van der Waals surface area contributed by atoms with Crippen molar-refractivity contribution in [3.8, 4) is 0 Å². The highest BCUT2D eigenvalue weighted by Crippen LogP contribution is 2.22. The zero-order chi connectivity index (χ0) is 11.3. The van der Waals surface area contributed by atoms with Gasteiger partial charge in [0.05, 0.1) is 0 Å². The smallest absolute Gasteiger partial charge is 0.330 e. The number of esters is 1. The van der Waals surface area contributed by atoms with Gasteiger partial charge in [0.2, 0.25) is 5.79 Å². The van der Waals surface area contributed by atoms with E-state index < -0.39 is 17.9 Å². The van der Waals surface area contributed by atoms with E-state index >= 15 is 0 Å². The van der Waals surface area contributed by atoms with Gasteiger partial charge in [0, 0.05) is 12.7 Å². The van der Waals surface area contributed by atoms with Crippen molar-refractivity contribution >= 4 is 5.97 Å². The zero-order valence-corrected chi connectivity index (χ0v) is 8.55. The van der Waals surface area contributed by atoms with Gasteiger partial charge in [-0.15, -0.1) is 0 Å². The lowest BCUT2D eigenvalue weighted by atomic mass is 10.0. The van der Waals surface area contributed by atoms with E-state index in [1.54, 1.807) is 25.2 Å². The fourth-order valence-corrected chi connectivity index (χ4v) is 1.25. The van der Waals surface area contributed by atoms with E-state index in [1.165, 1.54) is 6.08 Å². The van der Waals surface area contributed by atoms with Crippen LogP contribution in [0.1, 0.15) is 6.92 Å². The molecule has 2 unspecified atom stereocenters. The second-order valence-corrected chi connectivity index (χ2v) is 2.99. The Bertz CT molecular complexity index is 306. The summed E-state index contributed by atoms with van der Waals surface area (Å²) in [5.74, 6) is -2.18. The first kappa shape index (κ1) is 11.7. The third kappa shape index (κ3) is 2.78. The molecule has 0 spiro atoms. The van der Waals surface area contributed by atoms with Crippen molar-refractivity contribution in [3.05, 3.63) is 37.0 Å². The van der Waals surface area contributed by atoms with Crippen molar-refractivity contribution in [2.45, 2.75) is 18.8 Å². The summed E-state index contributed by atoms with van der Waals surface area (Å²) in [7, 11) is 0. The molecule has 15 heavy (non-hydrogen) atoms. The monoisotopic (exact) mass is 210 g/mol. The van der Waals surface area contributed by atoms with Crippen LogP contribution in [0.2, 0.25) is 0 Å². The molecule has 1 rings (SSSR count). The first-order valence-electron chi connectivity index (χ1n) is 4.68. The number of allylic oxidation sites excluding steroid dienone is 2. The number of carbonyl (C=O) groups excluding carboxylic acids is 1. The molecule has 0 saturated carbocycles. The molecule has 2 atom stereocenters. The summed E-state index contributed by atoms with van der Waals surface area (Å²) >= 11 is 0. The lowest BCUT2D eigenvalue weighted by molar-refractivity contribution is -0.219. The van der Waals surface area contributed by atoms with Crippen LogP contribution in [0.3, 0.4) is 0 Å². The summed E-state index contributed by atoms with van der Waals surface area (Å²) in [5.41, 5.74) is 0. The zero-order valence-electron chi connectivity index (χ0n) is 8.55. The largest absolute Gasteiger partial charge is 0.449 e. The van der Waals surface area contributed by atoms with E-state index in [1.807, 2.05) is 0 Å². The molecule has 0 aliphatic heterocycles. The maximum atomic E-state index is 11.0. The maximum Gasteiger partial charge on any atom is 0.330 e. The second kappa shape index (κ2) is 4.91. The molecule has 1 aliphatic rings. The highest BCUT2D eigenvalue weighted by Gasteiger charge is 2.37. The van der Waals surface area contributed by atoms with Crippen molar-refractivity contribution < 1.29 is 19.4 Å². The Morgan fingerprint density at radius 3 is 3.00 bits per heavy atom. The third-order valence-electron chi connectivity index (χ3n) is 1.93. The van der Waals surface area contributed by atoms with E-state index in [0.717, 1.165) is 6.08 Å². The van der Waals surface area contributed by atoms with Gasteiger partial charge in [-0.05, 0) is 19.1 Å². The highest BCUT2D eigenvalue weighted by atomic mass is 16.7. The minimum absolute atomic E-state index is 0.316. The summed E-state index contributed by atoms with van der Waals surface area (Å²) in [4.78, 5) is 11.0. The molecular formula is C11H14O4. The van der Waals surface area contributed by atoms with Gasteiger partial charge in [0.15, 0.2) is 6.10 Å². The van der Waals surface area contributed by atoms with Crippen molar-refractivity contribution in [3.63, 3.8) is 0 Å². The summed E-state index contributed by atoms with van der Waals surface area (Å²) < 4.78 is 10.1. The molecule has 0 amide bonds. The molecular weight excluding hydrogens is 196 g/mol. The van der Waals surface area contributed by atoms with Crippen molar-refractivity contribution in [1.29, 1.82) is 0 Å². The Kier molecular flexibility index (Phi) is 3.82. The predicted molar refractivity (Wildman–Crippen MR) is 54.9 cm³/mol. The molecule has 0 saturated heterocycles. The normalized spacial score (nSPS) is 28.8. The Balaban J connectivity index is 2.75. The van der Waals surface area contributed by atoms with Gasteiger partial charge in [0.1, 0.15) is 0 Å². The number of aliphatic hydroxyl groups is 1. The van der Waals surface area contributed by atoms with Crippen molar-refractivity contribution in [2.75, 3.05) is 6.61 Å². The van der Waals surface area contributed by atoms with Gasteiger partial charge >= 0.3 is 5.97 Å². The van der Waals surface area contributed by atoms with Gasteiger partial charge in [0.25, 0.3) is 0 Å². The van der Waals surface area contributed by atoms with Crippen LogP contribution in [0, 0.1) is 0 Å². The quantitative estimate of drug-likeness (QED) is 0.426. The maximum absolute atomic E-state index is 11.0. The number of carbonyl (C=O) groups is 1. The Hall–Kier alpha value is -1.39. The molecule has 0 radical (unpaired) electrons. The fourth-order valence-electron chi connectivity index (χ4n) is 1.25. The lowest BCUT2D eigenvalue weighted by Crippen LogP contribution is -2.45. The SMILES string of the molecule is C=CC(=O)OC1C=CC=CC1(O)OCC. The summed E-state index contributed by atoms with van der Waals surface area (Å²) in [6.07, 6.45) is 6.50. The second-order valence-electron chi connectivity index (χ2n) is 2.99. The van der Waals surface area contributed by atoms with Crippen LogP contribution >= 0.6 is 0 Å². The summed E-state index contributed by atoms with van der Waals surface area (Å²) in [6.45, 7) is 5.34. The molecule has 0 aromatic carbocycles. The van der Waals surface area contributed by atoms with E-state index in [2.05, 4.69) is 6.58 Å². The molecule has 0 heterocycles. The molecule has 4 nitrogen and oxygen atoms in total. The van der Waals surface area contributed by atoms with Crippen LogP contribution in [-0.2, 0) is 14.3 Å². The molecule has 1 N–H and O–H groups in total. The van der Waals surface area contributed by atoms with Gasteiger partial charge in [-0.25, -0.2) is 4.79 Å². The Morgan fingerprint density at radius 2 is 2.40 bits per heavy atom. The van der Waals surface area contributed by atoms with E-state index in [0.29, 0.717) is 6.61 Å². The van der Waals surface area contributed by atoms with Crippen LogP contribution in [-0.4, -0.2) is 29.6 Å². The predicted octanol–water partition coefficient (Wildman–Crippen LogP) is 0.935. The summed E-state index contributed by atoms with van der Waals surface area (Å²) in [5, 5.41) is 10.0. The number of rotatable bonds is 4. The lowest BCUT2D eigenvalue weighted by Gasteiger charge is -2.32. The summed E-state index contributed by atoms with van der Waals surface area (Å²) in [6, 6.07) is 0. The Labute approximate surface area is 88.5 Å². The molecule has 0 aromatic heterocycles. The third-order valence-corrected chi connectivity index (χ3v) is 1.93. The van der Waals surface area contributed by atoms with Gasteiger partial charge < -0.3 is 14.6 Å². The molecule has 0 aromatic rings. The van der Waals surface area contributed by atoms with Gasteiger partial charge in [-0.3, -0.25) is 0 Å². The van der Waals surface area contributed by atoms with Crippen LogP contribution in [0.5, 0.6) is 0 Å². The van der Waals surface area contributed by atoms with Crippen LogP contribution in [0.15, 0.2) is 37.0 Å². The van der Waals surface area contributed by atoms with Crippen molar-refractivity contribution in [2.24, 2.45) is 0 Å². The molecule has 82 valence electrons. The molecule has 1 aliphatic carbocycles. The first-order valence-corrected chi connectivity index (χ1v) is 4.68. The molecule has 0 bridgehead atoms. The Morgan fingerprint density at radius 1 is 1.67 bits per heavy atom. The number of ether oxygens (including phenoxy) is 2. The van der Waals surface area contributed by atoms with Crippen LogP contribution < -0.4 is 0 Å². The molecule has 4 heteroatoms. The van der Waals surface area contributed by atoms with Crippen LogP contribution in [0.25, 0.3) is 0 Å². The minimum atomic E-state index is -1.58. The van der Waals surface area contributed by atoms with E-state index in [9.17, 15) is 9.90 Å². The van der Waals surface area contributed by atoms with Crippen LogP contribution in [0.4, 0.5) is 0 Å². The van der Waals surface area contributed by atoms with E-state index in [4.69, 9.17) is 9.47 Å². The highest BCUT2D eigenvalue weighted by molar-refractivity contribution is 5.81. The number of hydrogen-bond acceptors (Lipinski definition) is 4. The van der Waals surface area contributed by atoms with Gasteiger partial charge in [-0.1, -0.05) is 18.7 Å². The van der Waals surface area contributed by atoms with Gasteiger partial charge in [-0.2, -0.15) is 0 Å². The fraction of sp³-hybridized carbons (Fsp3) is 0.364. The van der Waals surface area contributed by atoms with Crippen molar-refractivity contribution in [1.82, 2.24) is 0 Å². The first-order chi connectivity index (χ1) is 7.12. The van der Waals surface area contributed by atoms with E-state index in [-0.39, 0.29) is 0 Å². The standard InChI is InChI=1S/C11H14O4/c1-3-10(12)15-9-7-5-6-8-11(9,13)14-4-2/h3,5-9,13H,1,4H2,2H3. The minimum Gasteiger partial charge on any atom is -0.449 e. The number of hydrogen-bond donors (Lipinski definition) is 1. The average molecular weight is 210 g/mol. The topological polar surface area (TPSA) is 55.8 Å². The molecule has 0 fully saturated rings.